The zero-order valence-corrected chi connectivity index (χ0v) is 17.7. The van der Waals surface area contributed by atoms with Crippen molar-refractivity contribution in [3.63, 3.8) is 0 Å². The normalized spacial score (nSPS) is 14.9. The summed E-state index contributed by atoms with van der Waals surface area (Å²) < 4.78 is 7.36. The smallest absolute Gasteiger partial charge is 0.230 e. The lowest BCUT2D eigenvalue weighted by Gasteiger charge is -2.30. The number of piperidine rings is 1. The quantitative estimate of drug-likeness (QED) is 0.460. The first-order chi connectivity index (χ1) is 15.2. The number of rotatable bonds is 5. The number of halogens is 1. The third-order valence-electron chi connectivity index (χ3n) is 5.84. The number of hydrogen-bond acceptors (Lipinski definition) is 5. The SMILES string of the molecule is O=C(CCn1ncc2c(Cl)cccc21)N1CCC(c2nc(-c3ccccc3)no2)CC1. The van der Waals surface area contributed by atoms with Gasteiger partial charge in [-0.05, 0) is 25.0 Å². The van der Waals surface area contributed by atoms with Crippen LogP contribution in [0.15, 0.2) is 59.3 Å². The Balaban J connectivity index is 1.16. The third-order valence-corrected chi connectivity index (χ3v) is 6.17. The number of benzene rings is 2. The molecule has 31 heavy (non-hydrogen) atoms. The van der Waals surface area contributed by atoms with E-state index in [1.807, 2.05) is 58.1 Å². The minimum absolute atomic E-state index is 0.139. The summed E-state index contributed by atoms with van der Waals surface area (Å²) in [5.41, 5.74) is 1.89. The number of amides is 1. The molecule has 0 unspecified atom stereocenters. The number of carbonyl (C=O) groups excluding carboxylic acids is 1. The third kappa shape index (κ3) is 4.05. The van der Waals surface area contributed by atoms with E-state index >= 15 is 0 Å². The summed E-state index contributed by atoms with van der Waals surface area (Å²) in [6, 6.07) is 15.5. The largest absolute Gasteiger partial charge is 0.343 e. The molecule has 0 saturated carbocycles. The Bertz CT molecular complexity index is 1200. The van der Waals surface area contributed by atoms with Gasteiger partial charge in [0.25, 0.3) is 0 Å². The van der Waals surface area contributed by atoms with E-state index in [9.17, 15) is 4.79 Å². The van der Waals surface area contributed by atoms with Crippen molar-refractivity contribution in [3.8, 4) is 11.4 Å². The van der Waals surface area contributed by atoms with Gasteiger partial charge in [-0.2, -0.15) is 10.1 Å². The van der Waals surface area contributed by atoms with Crippen LogP contribution in [0.5, 0.6) is 0 Å². The predicted octanol–water partition coefficient (Wildman–Crippen LogP) is 4.54. The fraction of sp³-hybridized carbons (Fsp3) is 0.304. The standard InChI is InChI=1S/C23H22ClN5O2/c24-19-7-4-8-20-18(19)15-25-29(20)14-11-21(30)28-12-9-17(10-13-28)23-26-22(27-31-23)16-5-2-1-3-6-16/h1-8,15,17H,9-14H2. The van der Waals surface area contributed by atoms with Gasteiger partial charge >= 0.3 is 0 Å². The molecule has 1 saturated heterocycles. The summed E-state index contributed by atoms with van der Waals surface area (Å²) in [5.74, 6) is 1.59. The molecular formula is C23H22ClN5O2. The number of likely N-dealkylation sites (tertiary alicyclic amines) is 1. The number of hydrogen-bond donors (Lipinski definition) is 0. The summed E-state index contributed by atoms with van der Waals surface area (Å²) >= 11 is 6.21. The van der Waals surface area contributed by atoms with Gasteiger partial charge in [-0.3, -0.25) is 9.48 Å². The Morgan fingerprint density at radius 2 is 1.90 bits per heavy atom. The summed E-state index contributed by atoms with van der Waals surface area (Å²) in [5, 5.41) is 10.1. The van der Waals surface area contributed by atoms with Crippen LogP contribution in [-0.4, -0.2) is 43.8 Å². The van der Waals surface area contributed by atoms with Crippen LogP contribution in [-0.2, 0) is 11.3 Å². The van der Waals surface area contributed by atoms with E-state index in [0.717, 1.165) is 29.3 Å². The molecule has 0 N–H and O–H groups in total. The highest BCUT2D eigenvalue weighted by Gasteiger charge is 2.27. The Kier molecular flexibility index (Phi) is 5.42. The van der Waals surface area contributed by atoms with Gasteiger partial charge in [0, 0.05) is 36.4 Å². The predicted molar refractivity (Wildman–Crippen MR) is 118 cm³/mol. The fourth-order valence-electron chi connectivity index (χ4n) is 4.09. The van der Waals surface area contributed by atoms with Crippen LogP contribution in [0.3, 0.4) is 0 Å². The molecule has 0 aliphatic carbocycles. The van der Waals surface area contributed by atoms with Crippen molar-refractivity contribution in [1.29, 1.82) is 0 Å². The average molecular weight is 436 g/mol. The van der Waals surface area contributed by atoms with Gasteiger partial charge < -0.3 is 9.42 Å². The van der Waals surface area contributed by atoms with Crippen LogP contribution < -0.4 is 0 Å². The zero-order chi connectivity index (χ0) is 21.2. The van der Waals surface area contributed by atoms with Crippen molar-refractivity contribution in [2.75, 3.05) is 13.1 Å². The van der Waals surface area contributed by atoms with Crippen molar-refractivity contribution in [2.45, 2.75) is 31.7 Å². The highest BCUT2D eigenvalue weighted by atomic mass is 35.5. The molecule has 2 aromatic carbocycles. The first kappa shape index (κ1) is 19.8. The molecule has 5 rings (SSSR count). The van der Waals surface area contributed by atoms with E-state index < -0.39 is 0 Å². The highest BCUT2D eigenvalue weighted by molar-refractivity contribution is 6.35. The van der Waals surface area contributed by atoms with Crippen molar-refractivity contribution >= 4 is 28.4 Å². The van der Waals surface area contributed by atoms with Crippen LogP contribution in [0.4, 0.5) is 0 Å². The Morgan fingerprint density at radius 1 is 1.10 bits per heavy atom. The zero-order valence-electron chi connectivity index (χ0n) is 16.9. The monoisotopic (exact) mass is 435 g/mol. The fourth-order valence-corrected chi connectivity index (χ4v) is 4.31. The van der Waals surface area contributed by atoms with E-state index in [0.29, 0.717) is 42.8 Å². The van der Waals surface area contributed by atoms with Crippen LogP contribution in [0, 0.1) is 0 Å². The minimum atomic E-state index is 0.139. The van der Waals surface area contributed by atoms with E-state index in [-0.39, 0.29) is 11.8 Å². The molecule has 1 aliphatic heterocycles. The molecule has 2 aromatic heterocycles. The van der Waals surface area contributed by atoms with Crippen LogP contribution in [0.1, 0.15) is 31.1 Å². The second kappa shape index (κ2) is 8.51. The van der Waals surface area contributed by atoms with Gasteiger partial charge in [0.15, 0.2) is 0 Å². The summed E-state index contributed by atoms with van der Waals surface area (Å²) in [4.78, 5) is 19.2. The van der Waals surface area contributed by atoms with Crippen molar-refractivity contribution < 1.29 is 9.32 Å². The summed E-state index contributed by atoms with van der Waals surface area (Å²) in [7, 11) is 0. The Labute approximate surface area is 184 Å². The van der Waals surface area contributed by atoms with Crippen LogP contribution >= 0.6 is 11.6 Å². The molecule has 0 bridgehead atoms. The van der Waals surface area contributed by atoms with Crippen molar-refractivity contribution in [1.82, 2.24) is 24.8 Å². The van der Waals surface area contributed by atoms with Gasteiger partial charge in [-0.1, -0.05) is 53.2 Å². The van der Waals surface area contributed by atoms with Gasteiger partial charge in [0.1, 0.15) is 0 Å². The molecule has 1 amide bonds. The second-order valence-electron chi connectivity index (χ2n) is 7.77. The molecule has 0 radical (unpaired) electrons. The van der Waals surface area contributed by atoms with E-state index in [1.165, 1.54) is 0 Å². The molecule has 3 heterocycles. The summed E-state index contributed by atoms with van der Waals surface area (Å²) in [6.45, 7) is 1.92. The number of fused-ring (bicyclic) bond motifs is 1. The lowest BCUT2D eigenvalue weighted by Crippen LogP contribution is -2.38. The molecule has 1 fully saturated rings. The molecular weight excluding hydrogens is 414 g/mol. The molecule has 1 aliphatic rings. The minimum Gasteiger partial charge on any atom is -0.343 e. The molecule has 158 valence electrons. The van der Waals surface area contributed by atoms with Crippen molar-refractivity contribution in [2.24, 2.45) is 0 Å². The van der Waals surface area contributed by atoms with E-state index in [2.05, 4.69) is 15.2 Å². The number of carbonyl (C=O) groups is 1. The lowest BCUT2D eigenvalue weighted by atomic mass is 9.96. The molecule has 4 aromatic rings. The maximum atomic E-state index is 12.7. The molecule has 8 heteroatoms. The van der Waals surface area contributed by atoms with E-state index in [1.54, 1.807) is 6.20 Å². The first-order valence-electron chi connectivity index (χ1n) is 10.5. The Hall–Kier alpha value is -3.19. The first-order valence-corrected chi connectivity index (χ1v) is 10.8. The number of aromatic nitrogens is 4. The average Bonchev–Trinajstić information content (AvgIpc) is 3.47. The Morgan fingerprint density at radius 3 is 2.71 bits per heavy atom. The second-order valence-corrected chi connectivity index (χ2v) is 8.17. The van der Waals surface area contributed by atoms with Gasteiger partial charge in [0.2, 0.25) is 17.6 Å². The van der Waals surface area contributed by atoms with Gasteiger partial charge in [0.05, 0.1) is 23.3 Å². The molecule has 0 spiro atoms. The maximum absolute atomic E-state index is 12.7. The molecule has 7 nitrogen and oxygen atoms in total. The maximum Gasteiger partial charge on any atom is 0.230 e. The van der Waals surface area contributed by atoms with Gasteiger partial charge in [-0.15, -0.1) is 0 Å². The highest BCUT2D eigenvalue weighted by Crippen LogP contribution is 2.29. The number of nitrogens with zero attached hydrogens (tertiary/aromatic N) is 5. The lowest BCUT2D eigenvalue weighted by molar-refractivity contribution is -0.132. The number of aryl methyl sites for hydroxylation is 1. The van der Waals surface area contributed by atoms with Crippen LogP contribution in [0.25, 0.3) is 22.3 Å². The summed E-state index contributed by atoms with van der Waals surface area (Å²) in [6.07, 6.45) is 3.80. The van der Waals surface area contributed by atoms with Gasteiger partial charge in [-0.25, -0.2) is 0 Å². The molecule has 0 atom stereocenters. The van der Waals surface area contributed by atoms with Crippen LogP contribution in [0.2, 0.25) is 5.02 Å². The van der Waals surface area contributed by atoms with E-state index in [4.69, 9.17) is 16.1 Å². The van der Waals surface area contributed by atoms with Crippen molar-refractivity contribution in [3.05, 3.63) is 65.6 Å². The topological polar surface area (TPSA) is 77.1 Å².